The highest BCUT2D eigenvalue weighted by molar-refractivity contribution is 4.89. The van der Waals surface area contributed by atoms with Crippen molar-refractivity contribution in [1.29, 1.82) is 0 Å². The maximum absolute atomic E-state index is 2.46. The van der Waals surface area contributed by atoms with E-state index in [4.69, 9.17) is 0 Å². The molecular formula is C26H54. The molecule has 0 heterocycles. The van der Waals surface area contributed by atoms with Crippen LogP contribution in [0.2, 0.25) is 0 Å². The molecule has 1 saturated carbocycles. The van der Waals surface area contributed by atoms with Gasteiger partial charge in [0.05, 0.1) is 0 Å². The standard InChI is InChI=1S/C14H30.C12H24/c1-7-13(12(4)5)10-11-14(6,8-2)9-3;1-6-12(5)8-10(2)7-11(3,4)9-12/h12-13H,7-11H2,1-6H3;10H,6-9H2,1-5H3. The van der Waals surface area contributed by atoms with Crippen molar-refractivity contribution in [3.63, 3.8) is 0 Å². The van der Waals surface area contributed by atoms with Gasteiger partial charge in [0.15, 0.2) is 0 Å². The fraction of sp³-hybridized carbons (Fsp3) is 1.00. The Labute approximate surface area is 168 Å². The van der Waals surface area contributed by atoms with E-state index in [0.29, 0.717) is 16.2 Å². The van der Waals surface area contributed by atoms with Gasteiger partial charge in [-0.15, -0.1) is 0 Å². The first-order valence-corrected chi connectivity index (χ1v) is 11.9. The molecule has 0 nitrogen and oxygen atoms in total. The molecule has 1 aliphatic rings. The van der Waals surface area contributed by atoms with Crippen molar-refractivity contribution >= 4 is 0 Å². The van der Waals surface area contributed by atoms with E-state index in [1.807, 2.05) is 0 Å². The molecule has 0 aromatic carbocycles. The SMILES string of the molecule is CCC(CCC(C)(CC)CC)C(C)C.CCC1(C)CC(C)CC(C)(C)C1. The normalized spacial score (nSPS) is 27.0. The van der Waals surface area contributed by atoms with E-state index < -0.39 is 0 Å². The van der Waals surface area contributed by atoms with E-state index in [-0.39, 0.29) is 0 Å². The zero-order valence-electron chi connectivity index (χ0n) is 20.6. The molecule has 158 valence electrons. The number of hydrogen-bond donors (Lipinski definition) is 0. The first-order chi connectivity index (χ1) is 11.9. The monoisotopic (exact) mass is 366 g/mol. The second kappa shape index (κ2) is 11.1. The molecule has 0 heteroatoms. The van der Waals surface area contributed by atoms with Gasteiger partial charge in [-0.1, -0.05) is 102 Å². The van der Waals surface area contributed by atoms with Crippen LogP contribution in [0.1, 0.15) is 134 Å². The van der Waals surface area contributed by atoms with Crippen molar-refractivity contribution in [2.24, 2.45) is 34.0 Å². The van der Waals surface area contributed by atoms with Crippen molar-refractivity contribution in [2.45, 2.75) is 134 Å². The fourth-order valence-electron chi connectivity index (χ4n) is 5.57. The van der Waals surface area contributed by atoms with Gasteiger partial charge in [-0.25, -0.2) is 0 Å². The van der Waals surface area contributed by atoms with Gasteiger partial charge in [0.25, 0.3) is 0 Å². The summed E-state index contributed by atoms with van der Waals surface area (Å²) in [6.45, 7) is 26.2. The van der Waals surface area contributed by atoms with Crippen molar-refractivity contribution in [3.8, 4) is 0 Å². The summed E-state index contributed by atoms with van der Waals surface area (Å²) >= 11 is 0. The van der Waals surface area contributed by atoms with Gasteiger partial charge in [0, 0.05) is 0 Å². The second-order valence-electron chi connectivity index (χ2n) is 11.5. The van der Waals surface area contributed by atoms with Gasteiger partial charge >= 0.3 is 0 Å². The topological polar surface area (TPSA) is 0 Å². The highest BCUT2D eigenvalue weighted by atomic mass is 14.4. The molecule has 0 aliphatic heterocycles. The summed E-state index contributed by atoms with van der Waals surface area (Å²) in [7, 11) is 0. The van der Waals surface area contributed by atoms with Gasteiger partial charge in [-0.2, -0.15) is 0 Å². The van der Waals surface area contributed by atoms with Crippen LogP contribution in [0.3, 0.4) is 0 Å². The minimum atomic E-state index is 0.586. The molecule has 0 aromatic heterocycles. The Kier molecular flexibility index (Phi) is 11.1. The van der Waals surface area contributed by atoms with E-state index in [2.05, 4.69) is 76.2 Å². The summed E-state index contributed by atoms with van der Waals surface area (Å²) < 4.78 is 0. The summed E-state index contributed by atoms with van der Waals surface area (Å²) in [6.07, 6.45) is 12.5. The molecule has 0 amide bonds. The highest BCUT2D eigenvalue weighted by Gasteiger charge is 2.38. The first-order valence-electron chi connectivity index (χ1n) is 11.9. The fourth-order valence-corrected chi connectivity index (χ4v) is 5.57. The van der Waals surface area contributed by atoms with E-state index in [0.717, 1.165) is 17.8 Å². The Balaban J connectivity index is 0.000000485. The molecule has 3 unspecified atom stereocenters. The lowest BCUT2D eigenvalue weighted by Crippen LogP contribution is -2.34. The molecule has 1 aliphatic carbocycles. The lowest BCUT2D eigenvalue weighted by atomic mass is 9.60. The molecule has 0 spiro atoms. The van der Waals surface area contributed by atoms with Crippen molar-refractivity contribution in [1.82, 2.24) is 0 Å². The summed E-state index contributed by atoms with van der Waals surface area (Å²) in [4.78, 5) is 0. The maximum atomic E-state index is 2.46. The van der Waals surface area contributed by atoms with Gasteiger partial charge in [0.2, 0.25) is 0 Å². The minimum Gasteiger partial charge on any atom is -0.0651 e. The third-order valence-corrected chi connectivity index (χ3v) is 7.79. The van der Waals surface area contributed by atoms with Crippen molar-refractivity contribution in [3.05, 3.63) is 0 Å². The predicted molar refractivity (Wildman–Crippen MR) is 122 cm³/mol. The van der Waals surface area contributed by atoms with Crippen LogP contribution in [-0.4, -0.2) is 0 Å². The van der Waals surface area contributed by atoms with Crippen LogP contribution in [0.15, 0.2) is 0 Å². The molecule has 0 radical (unpaired) electrons. The summed E-state index contributed by atoms with van der Waals surface area (Å²) in [6, 6.07) is 0. The molecule has 0 N–H and O–H groups in total. The smallest absolute Gasteiger partial charge is 0.0321 e. The molecule has 1 rings (SSSR count). The second-order valence-corrected chi connectivity index (χ2v) is 11.5. The Bertz CT molecular complexity index is 360. The molecule has 0 saturated heterocycles. The van der Waals surface area contributed by atoms with Gasteiger partial charge in [-0.05, 0) is 66.1 Å². The third-order valence-electron chi connectivity index (χ3n) is 7.79. The van der Waals surface area contributed by atoms with Crippen molar-refractivity contribution < 1.29 is 0 Å². The number of hydrogen-bond acceptors (Lipinski definition) is 0. The molecule has 3 atom stereocenters. The van der Waals surface area contributed by atoms with Crippen LogP contribution >= 0.6 is 0 Å². The molecular weight excluding hydrogens is 312 g/mol. The van der Waals surface area contributed by atoms with E-state index >= 15 is 0 Å². The van der Waals surface area contributed by atoms with E-state index in [1.54, 1.807) is 0 Å². The zero-order chi connectivity index (χ0) is 20.6. The highest BCUT2D eigenvalue weighted by Crippen LogP contribution is 2.49. The van der Waals surface area contributed by atoms with Crippen LogP contribution in [0, 0.1) is 34.0 Å². The number of rotatable bonds is 8. The quantitative estimate of drug-likeness (QED) is 0.401. The summed E-state index contributed by atoms with van der Waals surface area (Å²) in [5, 5.41) is 0. The van der Waals surface area contributed by atoms with E-state index in [9.17, 15) is 0 Å². The lowest BCUT2D eigenvalue weighted by molar-refractivity contribution is 0.0582. The Morgan fingerprint density at radius 1 is 0.962 bits per heavy atom. The summed E-state index contributed by atoms with van der Waals surface area (Å²) in [5.74, 6) is 2.73. The first kappa shape index (κ1) is 26.0. The Morgan fingerprint density at radius 3 is 1.85 bits per heavy atom. The van der Waals surface area contributed by atoms with Crippen LogP contribution in [0.25, 0.3) is 0 Å². The van der Waals surface area contributed by atoms with Crippen molar-refractivity contribution in [2.75, 3.05) is 0 Å². The molecule has 0 aromatic rings. The zero-order valence-corrected chi connectivity index (χ0v) is 20.6. The van der Waals surface area contributed by atoms with Gasteiger partial charge in [-0.3, -0.25) is 0 Å². The molecule has 26 heavy (non-hydrogen) atoms. The van der Waals surface area contributed by atoms with Crippen LogP contribution in [0.5, 0.6) is 0 Å². The minimum absolute atomic E-state index is 0.586. The molecule has 0 bridgehead atoms. The lowest BCUT2D eigenvalue weighted by Gasteiger charge is -2.45. The third kappa shape index (κ3) is 9.27. The Hall–Kier alpha value is 0. The van der Waals surface area contributed by atoms with Gasteiger partial charge < -0.3 is 0 Å². The summed E-state index contributed by atoms with van der Waals surface area (Å²) in [5.41, 5.74) is 1.81. The Morgan fingerprint density at radius 2 is 1.50 bits per heavy atom. The molecule has 1 fully saturated rings. The largest absolute Gasteiger partial charge is 0.0651 e. The average Bonchev–Trinajstić information content (AvgIpc) is 2.53. The van der Waals surface area contributed by atoms with Gasteiger partial charge in [0.1, 0.15) is 0 Å². The van der Waals surface area contributed by atoms with E-state index in [1.165, 1.54) is 57.8 Å². The van der Waals surface area contributed by atoms with Crippen LogP contribution < -0.4 is 0 Å². The van der Waals surface area contributed by atoms with Crippen LogP contribution in [0.4, 0.5) is 0 Å². The maximum Gasteiger partial charge on any atom is -0.0321 e. The average molecular weight is 367 g/mol. The van der Waals surface area contributed by atoms with Crippen LogP contribution in [-0.2, 0) is 0 Å². The predicted octanol–water partition coefficient (Wildman–Crippen LogP) is 9.52.